The van der Waals surface area contributed by atoms with Gasteiger partial charge in [0.1, 0.15) is 10.8 Å². The van der Waals surface area contributed by atoms with Crippen LogP contribution in [-0.2, 0) is 0 Å². The Hall–Kier alpha value is -1.30. The summed E-state index contributed by atoms with van der Waals surface area (Å²) in [5, 5.41) is 11.5. The van der Waals surface area contributed by atoms with Gasteiger partial charge in [-0.3, -0.25) is 0 Å². The highest BCUT2D eigenvalue weighted by Gasteiger charge is 2.11. The molecular weight excluding hydrogens is 239 g/mol. The van der Waals surface area contributed by atoms with Gasteiger partial charge in [0.15, 0.2) is 0 Å². The van der Waals surface area contributed by atoms with Crippen LogP contribution < -0.4 is 5.73 Å². The van der Waals surface area contributed by atoms with E-state index < -0.39 is 6.04 Å². The lowest BCUT2D eigenvalue weighted by Gasteiger charge is -2.02. The molecule has 0 spiro atoms. The fraction of sp³-hybridized carbons (Fsp3) is 0.250. The summed E-state index contributed by atoms with van der Waals surface area (Å²) in [5.41, 5.74) is 7.88. The van der Waals surface area contributed by atoms with Crippen LogP contribution in [0.4, 0.5) is 4.39 Å². The molecule has 17 heavy (non-hydrogen) atoms. The summed E-state index contributed by atoms with van der Waals surface area (Å²) in [5.74, 6) is -0.226. The van der Waals surface area contributed by atoms with E-state index in [4.69, 9.17) is 10.8 Å². The molecule has 2 rings (SSSR count). The van der Waals surface area contributed by atoms with E-state index in [-0.39, 0.29) is 12.4 Å². The van der Waals surface area contributed by atoms with Gasteiger partial charge in [0.25, 0.3) is 0 Å². The smallest absolute Gasteiger partial charge is 0.126 e. The predicted molar refractivity (Wildman–Crippen MR) is 66.3 cm³/mol. The van der Waals surface area contributed by atoms with Gasteiger partial charge in [-0.2, -0.15) is 0 Å². The number of nitrogens with zero attached hydrogens (tertiary/aromatic N) is 1. The molecular formula is C12H13FN2OS. The molecule has 1 unspecified atom stereocenters. The number of benzene rings is 1. The number of hydrogen-bond acceptors (Lipinski definition) is 4. The number of aliphatic hydroxyl groups is 1. The van der Waals surface area contributed by atoms with Crippen LogP contribution >= 0.6 is 11.3 Å². The van der Waals surface area contributed by atoms with Gasteiger partial charge in [0.2, 0.25) is 0 Å². The third-order valence-electron chi connectivity index (χ3n) is 2.49. The monoisotopic (exact) mass is 252 g/mol. The van der Waals surface area contributed by atoms with Crippen LogP contribution in [0.1, 0.15) is 16.6 Å². The molecule has 1 aromatic heterocycles. The number of nitrogens with two attached hydrogens (primary N) is 1. The van der Waals surface area contributed by atoms with Gasteiger partial charge < -0.3 is 10.8 Å². The molecule has 0 aliphatic rings. The van der Waals surface area contributed by atoms with E-state index in [0.717, 1.165) is 11.3 Å². The Kier molecular flexibility index (Phi) is 3.51. The van der Waals surface area contributed by atoms with E-state index >= 15 is 0 Å². The van der Waals surface area contributed by atoms with Gasteiger partial charge in [0, 0.05) is 10.9 Å². The topological polar surface area (TPSA) is 59.1 Å². The zero-order valence-electron chi connectivity index (χ0n) is 9.35. The van der Waals surface area contributed by atoms with Crippen LogP contribution in [0.15, 0.2) is 23.6 Å². The van der Waals surface area contributed by atoms with Crippen molar-refractivity contribution in [2.45, 2.75) is 13.0 Å². The van der Waals surface area contributed by atoms with Crippen LogP contribution in [-0.4, -0.2) is 16.7 Å². The molecule has 0 radical (unpaired) electrons. The average Bonchev–Trinajstić information content (AvgIpc) is 2.81. The van der Waals surface area contributed by atoms with E-state index in [9.17, 15) is 4.39 Å². The maximum atomic E-state index is 13.1. The lowest BCUT2D eigenvalue weighted by molar-refractivity contribution is 0.268. The second kappa shape index (κ2) is 4.91. The number of aliphatic hydroxyl groups excluding tert-OH is 1. The highest BCUT2D eigenvalue weighted by Crippen LogP contribution is 2.25. The number of aryl methyl sites for hydroxylation is 1. The minimum atomic E-state index is -0.449. The van der Waals surface area contributed by atoms with Gasteiger partial charge in [0.05, 0.1) is 18.3 Å². The van der Waals surface area contributed by atoms with Crippen molar-refractivity contribution in [2.75, 3.05) is 6.61 Å². The molecule has 0 fully saturated rings. The number of thiazole rings is 1. The minimum Gasteiger partial charge on any atom is -0.394 e. The second-order valence-electron chi connectivity index (χ2n) is 3.82. The van der Waals surface area contributed by atoms with Gasteiger partial charge in [-0.15, -0.1) is 11.3 Å². The van der Waals surface area contributed by atoms with Gasteiger partial charge in [-0.1, -0.05) is 0 Å². The largest absolute Gasteiger partial charge is 0.394 e. The van der Waals surface area contributed by atoms with Crippen molar-refractivity contribution in [1.82, 2.24) is 4.98 Å². The molecule has 5 heteroatoms. The summed E-state index contributed by atoms with van der Waals surface area (Å²) < 4.78 is 13.1. The first-order chi connectivity index (χ1) is 8.11. The highest BCUT2D eigenvalue weighted by atomic mass is 32.1. The van der Waals surface area contributed by atoms with Crippen molar-refractivity contribution >= 4 is 11.3 Å². The molecule has 0 aliphatic heterocycles. The Labute approximate surface area is 103 Å². The second-order valence-corrected chi connectivity index (χ2v) is 4.71. The van der Waals surface area contributed by atoms with Gasteiger partial charge in [-0.25, -0.2) is 9.37 Å². The summed E-state index contributed by atoms with van der Waals surface area (Å²) in [6.07, 6.45) is 0. The fourth-order valence-electron chi connectivity index (χ4n) is 1.47. The standard InChI is InChI=1S/C12H13FN2OS/c1-7-4-8(2-3-9(7)13)11-6-17-12(15-11)10(14)5-16/h2-4,6,10,16H,5,14H2,1H3. The molecule has 90 valence electrons. The quantitative estimate of drug-likeness (QED) is 0.880. The van der Waals surface area contributed by atoms with Crippen molar-refractivity contribution in [3.05, 3.63) is 40.0 Å². The van der Waals surface area contributed by atoms with E-state index in [0.29, 0.717) is 10.6 Å². The van der Waals surface area contributed by atoms with Crippen LogP contribution in [0.5, 0.6) is 0 Å². The SMILES string of the molecule is Cc1cc(-c2csc(C(N)CO)n2)ccc1F. The first kappa shape index (κ1) is 12.2. The molecule has 0 bridgehead atoms. The molecule has 0 aliphatic carbocycles. The van der Waals surface area contributed by atoms with E-state index in [1.807, 2.05) is 5.38 Å². The van der Waals surface area contributed by atoms with E-state index in [1.54, 1.807) is 19.1 Å². The van der Waals surface area contributed by atoms with E-state index in [2.05, 4.69) is 4.98 Å². The molecule has 1 aromatic carbocycles. The number of hydrogen-bond donors (Lipinski definition) is 2. The Bertz CT molecular complexity index is 527. The molecule has 1 atom stereocenters. The molecule has 3 N–H and O–H groups in total. The van der Waals surface area contributed by atoms with Crippen LogP contribution in [0.2, 0.25) is 0 Å². The van der Waals surface area contributed by atoms with Crippen LogP contribution in [0, 0.1) is 12.7 Å². The molecule has 0 saturated carbocycles. The van der Waals surface area contributed by atoms with Crippen molar-refractivity contribution in [3.63, 3.8) is 0 Å². The summed E-state index contributed by atoms with van der Waals surface area (Å²) in [6.45, 7) is 1.58. The maximum absolute atomic E-state index is 13.1. The van der Waals surface area contributed by atoms with Crippen LogP contribution in [0.25, 0.3) is 11.3 Å². The first-order valence-electron chi connectivity index (χ1n) is 5.20. The number of aromatic nitrogens is 1. The fourth-order valence-corrected chi connectivity index (χ4v) is 2.29. The Morgan fingerprint density at radius 1 is 1.53 bits per heavy atom. The highest BCUT2D eigenvalue weighted by molar-refractivity contribution is 7.10. The lowest BCUT2D eigenvalue weighted by Crippen LogP contribution is -2.13. The number of rotatable bonds is 3. The third kappa shape index (κ3) is 2.52. The summed E-state index contributed by atoms with van der Waals surface area (Å²) in [7, 11) is 0. The Morgan fingerprint density at radius 2 is 2.29 bits per heavy atom. The zero-order chi connectivity index (χ0) is 12.4. The normalized spacial score (nSPS) is 12.7. The molecule has 1 heterocycles. The molecule has 3 nitrogen and oxygen atoms in total. The molecule has 2 aromatic rings. The number of halogens is 1. The summed E-state index contributed by atoms with van der Waals surface area (Å²) in [4.78, 5) is 4.33. The Balaban J connectivity index is 2.33. The predicted octanol–water partition coefficient (Wildman–Crippen LogP) is 2.25. The van der Waals surface area contributed by atoms with Crippen molar-refractivity contribution < 1.29 is 9.50 Å². The van der Waals surface area contributed by atoms with Crippen molar-refractivity contribution in [1.29, 1.82) is 0 Å². The third-order valence-corrected chi connectivity index (χ3v) is 3.47. The van der Waals surface area contributed by atoms with Crippen LogP contribution in [0.3, 0.4) is 0 Å². The summed E-state index contributed by atoms with van der Waals surface area (Å²) >= 11 is 1.40. The maximum Gasteiger partial charge on any atom is 0.126 e. The first-order valence-corrected chi connectivity index (χ1v) is 6.08. The average molecular weight is 252 g/mol. The Morgan fingerprint density at radius 3 is 2.94 bits per heavy atom. The van der Waals surface area contributed by atoms with Gasteiger partial charge >= 0.3 is 0 Å². The lowest BCUT2D eigenvalue weighted by atomic mass is 10.1. The molecule has 0 amide bonds. The van der Waals surface area contributed by atoms with Gasteiger partial charge in [-0.05, 0) is 30.7 Å². The summed E-state index contributed by atoms with van der Waals surface area (Å²) in [6, 6.07) is 4.41. The zero-order valence-corrected chi connectivity index (χ0v) is 10.2. The van der Waals surface area contributed by atoms with Crippen molar-refractivity contribution in [2.24, 2.45) is 5.73 Å². The van der Waals surface area contributed by atoms with Crippen molar-refractivity contribution in [3.8, 4) is 11.3 Å². The molecule has 0 saturated heterocycles. The minimum absolute atomic E-state index is 0.130. The van der Waals surface area contributed by atoms with E-state index in [1.165, 1.54) is 17.4 Å².